The molecule has 0 aliphatic heterocycles. The fourth-order valence-corrected chi connectivity index (χ4v) is 2.59. The third-order valence-corrected chi connectivity index (χ3v) is 3.46. The van der Waals surface area contributed by atoms with Gasteiger partial charge in [0.05, 0.1) is 16.6 Å². The van der Waals surface area contributed by atoms with Gasteiger partial charge >= 0.3 is 0 Å². The molecule has 0 atom stereocenters. The van der Waals surface area contributed by atoms with Crippen LogP contribution in [0.1, 0.15) is 5.56 Å². The SMILES string of the molecule is OCc1c(F)cccc1Oc1ccc(Br)cc1Br. The van der Waals surface area contributed by atoms with Crippen LogP contribution >= 0.6 is 31.9 Å². The number of halogens is 3. The van der Waals surface area contributed by atoms with Crippen LogP contribution in [0.3, 0.4) is 0 Å². The van der Waals surface area contributed by atoms with E-state index < -0.39 is 12.4 Å². The van der Waals surface area contributed by atoms with Gasteiger partial charge in [-0.3, -0.25) is 0 Å². The topological polar surface area (TPSA) is 29.5 Å². The van der Waals surface area contributed by atoms with E-state index in [0.717, 1.165) is 8.95 Å². The Morgan fingerprint density at radius 1 is 1.11 bits per heavy atom. The van der Waals surface area contributed by atoms with Crippen molar-refractivity contribution >= 4 is 31.9 Å². The molecule has 0 radical (unpaired) electrons. The molecule has 0 saturated heterocycles. The predicted molar refractivity (Wildman–Crippen MR) is 74.2 cm³/mol. The lowest BCUT2D eigenvalue weighted by Crippen LogP contribution is -1.95. The zero-order chi connectivity index (χ0) is 13.1. The third kappa shape index (κ3) is 2.91. The second-order valence-corrected chi connectivity index (χ2v) is 5.32. The molecular weight excluding hydrogens is 367 g/mol. The van der Waals surface area contributed by atoms with Crippen LogP contribution in [0.2, 0.25) is 0 Å². The Balaban J connectivity index is 2.37. The van der Waals surface area contributed by atoms with Gasteiger partial charge in [-0.2, -0.15) is 0 Å². The molecule has 1 N–H and O–H groups in total. The van der Waals surface area contributed by atoms with Gasteiger partial charge in [0, 0.05) is 4.47 Å². The molecule has 0 unspecified atom stereocenters. The normalized spacial score (nSPS) is 10.4. The molecule has 0 aliphatic rings. The van der Waals surface area contributed by atoms with Gasteiger partial charge in [-0.15, -0.1) is 0 Å². The van der Waals surface area contributed by atoms with Gasteiger partial charge in [0.15, 0.2) is 0 Å². The highest BCUT2D eigenvalue weighted by molar-refractivity contribution is 9.11. The molecule has 2 rings (SSSR count). The van der Waals surface area contributed by atoms with Gasteiger partial charge in [0.1, 0.15) is 17.3 Å². The van der Waals surface area contributed by atoms with E-state index in [2.05, 4.69) is 31.9 Å². The first-order valence-electron chi connectivity index (χ1n) is 5.13. The van der Waals surface area contributed by atoms with Crippen molar-refractivity contribution in [1.82, 2.24) is 0 Å². The molecule has 5 heteroatoms. The average Bonchev–Trinajstić information content (AvgIpc) is 2.33. The zero-order valence-corrected chi connectivity index (χ0v) is 12.3. The molecule has 0 aliphatic carbocycles. The van der Waals surface area contributed by atoms with Crippen molar-refractivity contribution in [3.63, 3.8) is 0 Å². The lowest BCUT2D eigenvalue weighted by Gasteiger charge is -2.11. The van der Waals surface area contributed by atoms with E-state index >= 15 is 0 Å². The Labute approximate surface area is 121 Å². The van der Waals surface area contributed by atoms with E-state index in [0.29, 0.717) is 11.5 Å². The minimum atomic E-state index is -0.483. The summed E-state index contributed by atoms with van der Waals surface area (Å²) in [5, 5.41) is 9.15. The predicted octanol–water partition coefficient (Wildman–Crippen LogP) is 4.64. The number of aliphatic hydroxyl groups excluding tert-OH is 1. The first-order valence-corrected chi connectivity index (χ1v) is 6.71. The van der Waals surface area contributed by atoms with E-state index in [9.17, 15) is 4.39 Å². The summed E-state index contributed by atoms with van der Waals surface area (Å²) < 4.78 is 20.7. The van der Waals surface area contributed by atoms with Crippen LogP contribution in [0.4, 0.5) is 4.39 Å². The monoisotopic (exact) mass is 374 g/mol. The Bertz CT molecular complexity index is 573. The fourth-order valence-electron chi connectivity index (χ4n) is 1.46. The van der Waals surface area contributed by atoms with Gasteiger partial charge in [0.25, 0.3) is 0 Å². The maximum absolute atomic E-state index is 13.5. The zero-order valence-electron chi connectivity index (χ0n) is 9.16. The molecule has 2 aromatic carbocycles. The highest BCUT2D eigenvalue weighted by atomic mass is 79.9. The fraction of sp³-hybridized carbons (Fsp3) is 0.0769. The molecule has 0 spiro atoms. The summed E-state index contributed by atoms with van der Waals surface area (Å²) in [7, 11) is 0. The molecule has 0 saturated carbocycles. The standard InChI is InChI=1S/C13H9Br2FO2/c14-8-4-5-13(10(15)6-8)18-12-3-1-2-11(16)9(12)7-17/h1-6,17H,7H2. The number of rotatable bonds is 3. The van der Waals surface area contributed by atoms with Gasteiger partial charge in [-0.1, -0.05) is 22.0 Å². The van der Waals surface area contributed by atoms with Crippen molar-refractivity contribution in [2.75, 3.05) is 0 Å². The number of hydrogen-bond donors (Lipinski definition) is 1. The first-order chi connectivity index (χ1) is 8.61. The molecule has 2 nitrogen and oxygen atoms in total. The van der Waals surface area contributed by atoms with E-state index in [1.165, 1.54) is 12.1 Å². The molecule has 0 heterocycles. The van der Waals surface area contributed by atoms with E-state index in [-0.39, 0.29) is 5.56 Å². The molecule has 2 aromatic rings. The van der Waals surface area contributed by atoms with Gasteiger partial charge in [-0.25, -0.2) is 4.39 Å². The number of benzene rings is 2. The molecule has 0 aromatic heterocycles. The summed E-state index contributed by atoms with van der Waals surface area (Å²) in [4.78, 5) is 0. The largest absolute Gasteiger partial charge is 0.456 e. The molecule has 0 amide bonds. The number of hydrogen-bond acceptors (Lipinski definition) is 2. The minimum absolute atomic E-state index is 0.146. The number of ether oxygens (including phenoxy) is 1. The van der Waals surface area contributed by atoms with E-state index in [4.69, 9.17) is 9.84 Å². The van der Waals surface area contributed by atoms with Gasteiger partial charge in [0.2, 0.25) is 0 Å². The minimum Gasteiger partial charge on any atom is -0.456 e. The molecule has 94 valence electrons. The van der Waals surface area contributed by atoms with Crippen LogP contribution in [0, 0.1) is 5.82 Å². The molecule has 0 fully saturated rings. The Morgan fingerprint density at radius 3 is 2.56 bits per heavy atom. The maximum atomic E-state index is 13.5. The van der Waals surface area contributed by atoms with Crippen molar-refractivity contribution in [1.29, 1.82) is 0 Å². The van der Waals surface area contributed by atoms with Crippen molar-refractivity contribution < 1.29 is 14.2 Å². The van der Waals surface area contributed by atoms with Crippen molar-refractivity contribution in [3.05, 3.63) is 56.7 Å². The van der Waals surface area contributed by atoms with Crippen LogP contribution in [0.25, 0.3) is 0 Å². The first kappa shape index (κ1) is 13.5. The maximum Gasteiger partial charge on any atom is 0.141 e. The summed E-state index contributed by atoms with van der Waals surface area (Å²) in [6.07, 6.45) is 0. The van der Waals surface area contributed by atoms with Crippen LogP contribution in [-0.4, -0.2) is 5.11 Å². The van der Waals surface area contributed by atoms with Gasteiger partial charge in [-0.05, 0) is 46.3 Å². The summed E-state index contributed by atoms with van der Waals surface area (Å²) >= 11 is 6.69. The van der Waals surface area contributed by atoms with E-state index in [1.54, 1.807) is 12.1 Å². The molecular formula is C13H9Br2FO2. The second-order valence-electron chi connectivity index (χ2n) is 3.55. The summed E-state index contributed by atoms with van der Waals surface area (Å²) in [5.74, 6) is 0.377. The number of aliphatic hydroxyl groups is 1. The van der Waals surface area contributed by atoms with Crippen LogP contribution in [-0.2, 0) is 6.61 Å². The quantitative estimate of drug-likeness (QED) is 0.847. The van der Waals surface area contributed by atoms with Crippen molar-refractivity contribution in [2.24, 2.45) is 0 Å². The van der Waals surface area contributed by atoms with Crippen molar-refractivity contribution in [2.45, 2.75) is 6.61 Å². The van der Waals surface area contributed by atoms with Crippen LogP contribution in [0.5, 0.6) is 11.5 Å². The second kappa shape index (κ2) is 5.82. The van der Waals surface area contributed by atoms with Crippen molar-refractivity contribution in [3.8, 4) is 11.5 Å². The van der Waals surface area contributed by atoms with Gasteiger partial charge < -0.3 is 9.84 Å². The summed E-state index contributed by atoms with van der Waals surface area (Å²) in [6, 6.07) is 9.83. The lowest BCUT2D eigenvalue weighted by molar-refractivity contribution is 0.270. The summed E-state index contributed by atoms with van der Waals surface area (Å²) in [5.41, 5.74) is 0.146. The molecule has 18 heavy (non-hydrogen) atoms. The highest BCUT2D eigenvalue weighted by Crippen LogP contribution is 2.34. The Hall–Kier alpha value is -0.910. The van der Waals surface area contributed by atoms with E-state index in [1.807, 2.05) is 12.1 Å². The smallest absolute Gasteiger partial charge is 0.141 e. The summed E-state index contributed by atoms with van der Waals surface area (Å²) in [6.45, 7) is -0.407. The Kier molecular flexibility index (Phi) is 4.37. The molecule has 0 bridgehead atoms. The highest BCUT2D eigenvalue weighted by Gasteiger charge is 2.11. The van der Waals surface area contributed by atoms with Crippen LogP contribution in [0.15, 0.2) is 45.3 Å². The Morgan fingerprint density at radius 2 is 1.89 bits per heavy atom. The van der Waals surface area contributed by atoms with Crippen LogP contribution < -0.4 is 4.74 Å². The lowest BCUT2D eigenvalue weighted by atomic mass is 10.2. The average molecular weight is 376 g/mol. The third-order valence-electron chi connectivity index (χ3n) is 2.35.